The summed E-state index contributed by atoms with van der Waals surface area (Å²) in [5.74, 6) is 0.148. The second-order valence-electron chi connectivity index (χ2n) is 6.24. The average Bonchev–Trinajstić information content (AvgIpc) is 2.61. The Bertz CT molecular complexity index is 974. The van der Waals surface area contributed by atoms with Crippen LogP contribution < -0.4 is 14.8 Å². The van der Waals surface area contributed by atoms with E-state index in [1.807, 2.05) is 0 Å². The molecule has 1 saturated heterocycles. The molecular weight excluding hydrogens is 429 g/mol. The van der Waals surface area contributed by atoms with Crippen LogP contribution in [0, 0.1) is 10.1 Å². The van der Waals surface area contributed by atoms with Crippen molar-refractivity contribution in [2.75, 3.05) is 13.1 Å². The Balaban J connectivity index is 1.98. The van der Waals surface area contributed by atoms with Crippen LogP contribution in [0.25, 0.3) is 0 Å². The van der Waals surface area contributed by atoms with Gasteiger partial charge in [0.25, 0.3) is 5.69 Å². The summed E-state index contributed by atoms with van der Waals surface area (Å²) >= 11 is 11.9. The van der Waals surface area contributed by atoms with Crippen molar-refractivity contribution < 1.29 is 18.1 Å². The molecule has 1 aliphatic heterocycles. The van der Waals surface area contributed by atoms with E-state index < -0.39 is 14.9 Å². The van der Waals surface area contributed by atoms with Crippen LogP contribution in [0.15, 0.2) is 41.3 Å². The molecular formula is C17H17Cl2N3O5S. The number of halogens is 2. The Labute approximate surface area is 172 Å². The Hall–Kier alpha value is -1.91. The monoisotopic (exact) mass is 445 g/mol. The minimum absolute atomic E-state index is 0.0645. The summed E-state index contributed by atoms with van der Waals surface area (Å²) in [4.78, 5) is 10.1. The highest BCUT2D eigenvalue weighted by atomic mass is 35.5. The molecule has 0 unspecified atom stereocenters. The van der Waals surface area contributed by atoms with Crippen LogP contribution in [0.1, 0.15) is 12.8 Å². The molecule has 0 radical (unpaired) electrons. The summed E-state index contributed by atoms with van der Waals surface area (Å²) in [6.07, 6.45) is 1.24. The van der Waals surface area contributed by atoms with Crippen LogP contribution in [0.5, 0.6) is 11.5 Å². The second kappa shape index (κ2) is 8.62. The van der Waals surface area contributed by atoms with Crippen molar-refractivity contribution in [3.05, 3.63) is 56.6 Å². The molecule has 28 heavy (non-hydrogen) atoms. The van der Waals surface area contributed by atoms with Gasteiger partial charge in [0, 0.05) is 28.2 Å². The molecule has 0 aromatic heterocycles. The van der Waals surface area contributed by atoms with Crippen LogP contribution >= 0.6 is 23.2 Å². The third kappa shape index (κ3) is 5.12. The Morgan fingerprint density at radius 3 is 2.36 bits per heavy atom. The fourth-order valence-electron chi connectivity index (χ4n) is 2.84. The molecule has 2 aromatic carbocycles. The van der Waals surface area contributed by atoms with Gasteiger partial charge in [-0.05, 0) is 50.2 Å². The fourth-order valence-corrected chi connectivity index (χ4v) is 4.80. The van der Waals surface area contributed by atoms with E-state index in [9.17, 15) is 18.5 Å². The van der Waals surface area contributed by atoms with E-state index in [4.69, 9.17) is 27.9 Å². The smallest absolute Gasteiger partial charge is 0.271 e. The minimum atomic E-state index is -4.06. The first-order chi connectivity index (χ1) is 13.2. The van der Waals surface area contributed by atoms with Crippen molar-refractivity contribution in [3.8, 4) is 11.5 Å². The maximum Gasteiger partial charge on any atom is 0.271 e. The van der Waals surface area contributed by atoms with Crippen molar-refractivity contribution in [1.82, 2.24) is 10.0 Å². The molecule has 1 aliphatic rings. The van der Waals surface area contributed by atoms with E-state index in [-0.39, 0.29) is 28.1 Å². The lowest BCUT2D eigenvalue weighted by Gasteiger charge is -2.24. The van der Waals surface area contributed by atoms with Crippen LogP contribution in [0.4, 0.5) is 5.69 Å². The molecule has 150 valence electrons. The quantitative estimate of drug-likeness (QED) is 0.517. The first-order valence-electron chi connectivity index (χ1n) is 8.40. The zero-order valence-electron chi connectivity index (χ0n) is 14.5. The molecule has 0 bridgehead atoms. The standard InChI is InChI=1S/C17H17Cl2N3O5S/c18-11-7-12(19)9-15(8-11)27-16-2-1-14(22(23)24)10-17(16)28(25,26)21-13-3-5-20-6-4-13/h1-2,7-10,13,20-21H,3-6H2. The summed E-state index contributed by atoms with van der Waals surface area (Å²) < 4.78 is 34.1. The third-order valence-corrected chi connectivity index (χ3v) is 6.13. The van der Waals surface area contributed by atoms with Crippen LogP contribution in [-0.2, 0) is 10.0 Å². The van der Waals surface area contributed by atoms with E-state index in [0.717, 1.165) is 6.07 Å². The lowest BCUT2D eigenvalue weighted by atomic mass is 10.1. The molecule has 8 nitrogen and oxygen atoms in total. The van der Waals surface area contributed by atoms with E-state index in [2.05, 4.69) is 10.0 Å². The second-order valence-corrected chi connectivity index (χ2v) is 8.80. The van der Waals surface area contributed by atoms with Gasteiger partial charge in [0.1, 0.15) is 16.4 Å². The SMILES string of the molecule is O=[N+]([O-])c1ccc(Oc2cc(Cl)cc(Cl)c2)c(S(=O)(=O)NC2CCNCC2)c1. The Morgan fingerprint density at radius 1 is 1.11 bits per heavy atom. The number of nitro groups is 1. The lowest BCUT2D eigenvalue weighted by molar-refractivity contribution is -0.385. The molecule has 11 heteroatoms. The van der Waals surface area contributed by atoms with E-state index >= 15 is 0 Å². The Morgan fingerprint density at radius 2 is 1.75 bits per heavy atom. The molecule has 0 aliphatic carbocycles. The van der Waals surface area contributed by atoms with Gasteiger partial charge in [-0.15, -0.1) is 0 Å². The average molecular weight is 446 g/mol. The number of hydrogen-bond donors (Lipinski definition) is 2. The topological polar surface area (TPSA) is 111 Å². The van der Waals surface area contributed by atoms with Crippen LogP contribution in [0.2, 0.25) is 10.0 Å². The maximum absolute atomic E-state index is 12.9. The molecule has 1 heterocycles. The predicted molar refractivity (Wildman–Crippen MR) is 106 cm³/mol. The van der Waals surface area contributed by atoms with E-state index in [1.165, 1.54) is 30.3 Å². The molecule has 2 aromatic rings. The van der Waals surface area contributed by atoms with Gasteiger partial charge in [-0.1, -0.05) is 23.2 Å². The van der Waals surface area contributed by atoms with E-state index in [1.54, 1.807) is 0 Å². The van der Waals surface area contributed by atoms with Gasteiger partial charge in [0.15, 0.2) is 0 Å². The van der Waals surface area contributed by atoms with Crippen molar-refractivity contribution in [1.29, 1.82) is 0 Å². The predicted octanol–water partition coefficient (Wildman–Crippen LogP) is 3.72. The lowest BCUT2D eigenvalue weighted by Crippen LogP contribution is -2.42. The molecule has 3 rings (SSSR count). The summed E-state index contributed by atoms with van der Waals surface area (Å²) in [5, 5.41) is 14.9. The zero-order valence-corrected chi connectivity index (χ0v) is 16.9. The maximum atomic E-state index is 12.9. The summed E-state index contributed by atoms with van der Waals surface area (Å²) in [6, 6.07) is 7.55. The molecule has 0 amide bonds. The number of ether oxygens (including phenoxy) is 1. The van der Waals surface area contributed by atoms with Crippen molar-refractivity contribution in [2.24, 2.45) is 0 Å². The van der Waals surface area contributed by atoms with Gasteiger partial charge in [-0.25, -0.2) is 13.1 Å². The fraction of sp³-hybridized carbons (Fsp3) is 0.294. The highest BCUT2D eigenvalue weighted by molar-refractivity contribution is 7.89. The number of piperidine rings is 1. The summed E-state index contributed by atoms with van der Waals surface area (Å²) in [6.45, 7) is 1.37. The molecule has 0 saturated carbocycles. The number of rotatable bonds is 6. The summed E-state index contributed by atoms with van der Waals surface area (Å²) in [5.41, 5.74) is -0.359. The number of nitrogens with zero attached hydrogens (tertiary/aromatic N) is 1. The van der Waals surface area contributed by atoms with Gasteiger partial charge in [-0.3, -0.25) is 10.1 Å². The van der Waals surface area contributed by atoms with Gasteiger partial charge in [0.2, 0.25) is 10.0 Å². The van der Waals surface area contributed by atoms with Crippen molar-refractivity contribution in [2.45, 2.75) is 23.8 Å². The van der Waals surface area contributed by atoms with E-state index in [0.29, 0.717) is 36.0 Å². The summed E-state index contributed by atoms with van der Waals surface area (Å²) in [7, 11) is -4.06. The third-order valence-electron chi connectivity index (χ3n) is 4.15. The number of nitrogens with one attached hydrogen (secondary N) is 2. The number of benzene rings is 2. The zero-order chi connectivity index (χ0) is 20.3. The van der Waals surface area contributed by atoms with Crippen LogP contribution in [-0.4, -0.2) is 32.5 Å². The highest BCUT2D eigenvalue weighted by Gasteiger charge is 2.27. The normalized spacial score (nSPS) is 15.4. The number of non-ortho nitro benzene ring substituents is 1. The number of nitro benzene ring substituents is 1. The number of sulfonamides is 1. The minimum Gasteiger partial charge on any atom is -0.456 e. The first-order valence-corrected chi connectivity index (χ1v) is 10.6. The van der Waals surface area contributed by atoms with Crippen molar-refractivity contribution >= 4 is 38.9 Å². The van der Waals surface area contributed by atoms with Gasteiger partial charge >= 0.3 is 0 Å². The largest absolute Gasteiger partial charge is 0.456 e. The highest BCUT2D eigenvalue weighted by Crippen LogP contribution is 2.34. The van der Waals surface area contributed by atoms with Gasteiger partial charge in [-0.2, -0.15) is 0 Å². The molecule has 0 spiro atoms. The first kappa shape index (κ1) is 20.8. The van der Waals surface area contributed by atoms with Gasteiger partial charge in [0.05, 0.1) is 4.92 Å². The van der Waals surface area contributed by atoms with Crippen molar-refractivity contribution in [3.63, 3.8) is 0 Å². The number of hydrogen-bond acceptors (Lipinski definition) is 6. The molecule has 0 atom stereocenters. The molecule has 1 fully saturated rings. The Kier molecular flexibility index (Phi) is 6.41. The molecule has 2 N–H and O–H groups in total. The van der Waals surface area contributed by atoms with Gasteiger partial charge < -0.3 is 10.1 Å². The van der Waals surface area contributed by atoms with Crippen LogP contribution in [0.3, 0.4) is 0 Å².